The highest BCUT2D eigenvalue weighted by Crippen LogP contribution is 2.30. The van der Waals surface area contributed by atoms with Gasteiger partial charge in [-0.1, -0.05) is 42.5 Å². The van der Waals surface area contributed by atoms with E-state index in [1.165, 1.54) is 4.90 Å². The SMILES string of the molecule is Cc1cnc2c(c1)nc(CCN1C(=O)c3cccc4cccc(c34)C1=O)n2-c1ccccc1. The second-order valence-electron chi connectivity index (χ2n) is 8.28. The van der Waals surface area contributed by atoms with Crippen LogP contribution in [0.1, 0.15) is 32.1 Å². The predicted octanol–water partition coefficient (Wildman–Crippen LogP) is 4.72. The molecule has 33 heavy (non-hydrogen) atoms. The van der Waals surface area contributed by atoms with Gasteiger partial charge in [-0.3, -0.25) is 19.1 Å². The van der Waals surface area contributed by atoms with E-state index in [0.29, 0.717) is 17.5 Å². The second-order valence-corrected chi connectivity index (χ2v) is 8.28. The van der Waals surface area contributed by atoms with Crippen molar-refractivity contribution in [2.75, 3.05) is 6.54 Å². The summed E-state index contributed by atoms with van der Waals surface area (Å²) >= 11 is 0. The maximum absolute atomic E-state index is 13.3. The van der Waals surface area contributed by atoms with Gasteiger partial charge in [-0.15, -0.1) is 0 Å². The summed E-state index contributed by atoms with van der Waals surface area (Å²) in [6.45, 7) is 2.22. The standard InChI is InChI=1S/C27H20N4O2/c1-17-15-22-25(28-16-17)31(19-9-3-2-4-10-19)23(29-22)13-14-30-26(32)20-11-5-7-18-8-6-12-21(24(18)20)27(30)33/h2-12,15-16H,13-14H2,1H3. The average molecular weight is 432 g/mol. The van der Waals surface area contributed by atoms with Crippen molar-refractivity contribution in [2.24, 2.45) is 0 Å². The zero-order valence-corrected chi connectivity index (χ0v) is 18.0. The van der Waals surface area contributed by atoms with Crippen molar-refractivity contribution >= 4 is 33.8 Å². The number of benzene rings is 3. The van der Waals surface area contributed by atoms with Gasteiger partial charge in [0.05, 0.1) is 0 Å². The van der Waals surface area contributed by atoms with E-state index in [1.54, 1.807) is 12.1 Å². The lowest BCUT2D eigenvalue weighted by atomic mass is 9.94. The molecule has 2 aromatic heterocycles. The Bertz CT molecular complexity index is 1520. The van der Waals surface area contributed by atoms with Gasteiger partial charge in [0.25, 0.3) is 11.8 Å². The Morgan fingerprint density at radius 1 is 0.848 bits per heavy atom. The monoisotopic (exact) mass is 432 g/mol. The Hall–Kier alpha value is -4.32. The topological polar surface area (TPSA) is 68.1 Å². The van der Waals surface area contributed by atoms with Gasteiger partial charge < -0.3 is 0 Å². The van der Waals surface area contributed by atoms with Crippen LogP contribution in [0.2, 0.25) is 0 Å². The van der Waals surface area contributed by atoms with Crippen molar-refractivity contribution in [2.45, 2.75) is 13.3 Å². The Morgan fingerprint density at radius 2 is 1.55 bits per heavy atom. The summed E-state index contributed by atoms with van der Waals surface area (Å²) in [5.41, 5.74) is 4.65. The van der Waals surface area contributed by atoms with Crippen LogP contribution < -0.4 is 0 Å². The molecule has 2 amide bonds. The summed E-state index contributed by atoms with van der Waals surface area (Å²) < 4.78 is 2.00. The average Bonchev–Trinajstić information content (AvgIpc) is 3.20. The normalized spacial score (nSPS) is 13.3. The molecule has 160 valence electrons. The first kappa shape index (κ1) is 19.4. The number of carbonyl (C=O) groups is 2. The van der Waals surface area contributed by atoms with Gasteiger partial charge in [-0.05, 0) is 48.2 Å². The summed E-state index contributed by atoms with van der Waals surface area (Å²) in [7, 11) is 0. The maximum atomic E-state index is 13.3. The number of amides is 2. The van der Waals surface area contributed by atoms with Crippen LogP contribution in [0.25, 0.3) is 27.6 Å². The van der Waals surface area contributed by atoms with Crippen molar-refractivity contribution in [3.8, 4) is 5.69 Å². The minimum Gasteiger partial charge on any atom is -0.281 e. The van der Waals surface area contributed by atoms with E-state index in [9.17, 15) is 9.59 Å². The molecule has 0 spiro atoms. The van der Waals surface area contributed by atoms with E-state index in [2.05, 4.69) is 4.98 Å². The summed E-state index contributed by atoms with van der Waals surface area (Å²) in [6.07, 6.45) is 2.24. The first-order valence-electron chi connectivity index (χ1n) is 10.9. The highest BCUT2D eigenvalue weighted by atomic mass is 16.2. The van der Waals surface area contributed by atoms with Crippen LogP contribution in [0.4, 0.5) is 0 Å². The van der Waals surface area contributed by atoms with Crippen LogP contribution in [0.5, 0.6) is 0 Å². The van der Waals surface area contributed by atoms with Gasteiger partial charge in [0.2, 0.25) is 0 Å². The number of aryl methyl sites for hydroxylation is 1. The van der Waals surface area contributed by atoms with Crippen molar-refractivity contribution in [1.82, 2.24) is 19.4 Å². The van der Waals surface area contributed by atoms with Crippen LogP contribution in [-0.4, -0.2) is 37.8 Å². The maximum Gasteiger partial charge on any atom is 0.261 e. The highest BCUT2D eigenvalue weighted by molar-refractivity contribution is 6.25. The molecule has 6 heteroatoms. The molecule has 0 bridgehead atoms. The molecule has 1 aliphatic heterocycles. The molecule has 5 aromatic rings. The molecule has 0 saturated heterocycles. The molecule has 6 nitrogen and oxygen atoms in total. The number of imidazole rings is 1. The zero-order valence-electron chi connectivity index (χ0n) is 18.0. The minimum atomic E-state index is -0.263. The summed E-state index contributed by atoms with van der Waals surface area (Å²) in [4.78, 5) is 37.3. The second kappa shape index (κ2) is 7.38. The van der Waals surface area contributed by atoms with E-state index >= 15 is 0 Å². The fourth-order valence-corrected chi connectivity index (χ4v) is 4.62. The summed E-state index contributed by atoms with van der Waals surface area (Å²) in [5, 5.41) is 1.64. The number of fused-ring (bicyclic) bond motifs is 1. The van der Waals surface area contributed by atoms with Gasteiger partial charge in [0, 0.05) is 41.4 Å². The summed E-state index contributed by atoms with van der Waals surface area (Å²) in [5.74, 6) is 0.230. The van der Waals surface area contributed by atoms with Crippen molar-refractivity contribution in [3.05, 3.63) is 102 Å². The quantitative estimate of drug-likeness (QED) is 0.386. The molecule has 3 heterocycles. The third kappa shape index (κ3) is 3.03. The smallest absolute Gasteiger partial charge is 0.261 e. The number of pyridine rings is 1. The van der Waals surface area contributed by atoms with Gasteiger partial charge >= 0.3 is 0 Å². The fraction of sp³-hybridized carbons (Fsp3) is 0.111. The third-order valence-electron chi connectivity index (χ3n) is 6.13. The number of imide groups is 1. The number of aromatic nitrogens is 3. The molecule has 0 N–H and O–H groups in total. The Kier molecular flexibility index (Phi) is 4.33. The number of hydrogen-bond acceptors (Lipinski definition) is 4. The fourth-order valence-electron chi connectivity index (χ4n) is 4.62. The minimum absolute atomic E-state index is 0.234. The molecule has 3 aromatic carbocycles. The molecule has 0 aliphatic carbocycles. The van der Waals surface area contributed by atoms with E-state index in [-0.39, 0.29) is 18.4 Å². The first-order valence-corrected chi connectivity index (χ1v) is 10.9. The predicted molar refractivity (Wildman–Crippen MR) is 127 cm³/mol. The van der Waals surface area contributed by atoms with Crippen LogP contribution in [0.3, 0.4) is 0 Å². The first-order chi connectivity index (χ1) is 16.1. The molecular formula is C27H20N4O2. The van der Waals surface area contributed by atoms with E-state index < -0.39 is 0 Å². The van der Waals surface area contributed by atoms with Crippen molar-refractivity contribution < 1.29 is 9.59 Å². The largest absolute Gasteiger partial charge is 0.281 e. The zero-order chi connectivity index (χ0) is 22.5. The molecule has 0 saturated carbocycles. The van der Waals surface area contributed by atoms with E-state index in [1.807, 2.05) is 78.4 Å². The Labute approximate surface area is 190 Å². The van der Waals surface area contributed by atoms with Crippen molar-refractivity contribution in [3.63, 3.8) is 0 Å². The summed E-state index contributed by atoms with van der Waals surface area (Å²) in [6, 6.07) is 23.0. The van der Waals surface area contributed by atoms with Gasteiger partial charge in [-0.2, -0.15) is 0 Å². The lowest BCUT2D eigenvalue weighted by Crippen LogP contribution is -2.41. The van der Waals surface area contributed by atoms with Crippen LogP contribution in [0, 0.1) is 6.92 Å². The molecular weight excluding hydrogens is 412 g/mol. The molecule has 0 atom stereocenters. The molecule has 1 aliphatic rings. The number of carbonyl (C=O) groups excluding carboxylic acids is 2. The Balaban J connectivity index is 1.40. The molecule has 0 unspecified atom stereocenters. The van der Waals surface area contributed by atoms with Crippen LogP contribution >= 0.6 is 0 Å². The van der Waals surface area contributed by atoms with Crippen LogP contribution in [0.15, 0.2) is 79.0 Å². The molecule has 0 radical (unpaired) electrons. The Morgan fingerprint density at radius 3 is 2.24 bits per heavy atom. The van der Waals surface area contributed by atoms with E-state index in [4.69, 9.17) is 4.98 Å². The van der Waals surface area contributed by atoms with Crippen molar-refractivity contribution in [1.29, 1.82) is 0 Å². The van der Waals surface area contributed by atoms with Crippen LogP contribution in [-0.2, 0) is 6.42 Å². The number of para-hydroxylation sites is 1. The molecule has 0 fully saturated rings. The number of nitrogens with zero attached hydrogens (tertiary/aromatic N) is 4. The van der Waals surface area contributed by atoms with Gasteiger partial charge in [-0.25, -0.2) is 9.97 Å². The lowest BCUT2D eigenvalue weighted by molar-refractivity contribution is 0.0612. The highest BCUT2D eigenvalue weighted by Gasteiger charge is 2.32. The number of hydrogen-bond donors (Lipinski definition) is 0. The van der Waals surface area contributed by atoms with Gasteiger partial charge in [0.1, 0.15) is 11.3 Å². The van der Waals surface area contributed by atoms with Gasteiger partial charge in [0.15, 0.2) is 5.65 Å². The molecule has 6 rings (SSSR count). The number of rotatable bonds is 4. The lowest BCUT2D eigenvalue weighted by Gasteiger charge is -2.27. The van der Waals surface area contributed by atoms with E-state index in [0.717, 1.165) is 39.0 Å². The third-order valence-corrected chi connectivity index (χ3v) is 6.13.